The molecule has 12 rings (SSSR count). The van der Waals surface area contributed by atoms with Crippen molar-refractivity contribution < 1.29 is 0 Å². The largest absolute Gasteiger partial charge is 0.310 e. The van der Waals surface area contributed by atoms with E-state index in [1.54, 1.807) is 0 Å². The second-order valence-electron chi connectivity index (χ2n) is 16.4. The molecule has 0 fully saturated rings. The van der Waals surface area contributed by atoms with E-state index in [1.807, 2.05) is 0 Å². The summed E-state index contributed by atoms with van der Waals surface area (Å²) in [6, 6.07) is 93.2. The Morgan fingerprint density at radius 3 is 1.17 bits per heavy atom. The second-order valence-corrected chi connectivity index (χ2v) is 16.4. The van der Waals surface area contributed by atoms with Crippen LogP contribution in [0.25, 0.3) is 44.5 Å². The van der Waals surface area contributed by atoms with E-state index < -0.39 is 5.41 Å². The molecule has 0 aromatic heterocycles. The summed E-state index contributed by atoms with van der Waals surface area (Å²) in [5.41, 5.74) is 21.1. The third-order valence-corrected chi connectivity index (χ3v) is 13.1. The molecule has 1 spiro atoms. The highest BCUT2D eigenvalue weighted by Gasteiger charge is 2.52. The molecule has 0 radical (unpaired) electrons. The molecule has 1 aliphatic heterocycles. The number of benzene rings is 10. The zero-order valence-electron chi connectivity index (χ0n) is 34.6. The Kier molecular flexibility index (Phi) is 8.76. The topological polar surface area (TPSA) is 6.48 Å². The number of rotatable bonds is 7. The predicted octanol–water partition coefficient (Wildman–Crippen LogP) is 16.3. The first-order valence-corrected chi connectivity index (χ1v) is 21.8. The number of fused-ring (bicyclic) bond motifs is 9. The van der Waals surface area contributed by atoms with Gasteiger partial charge in [0.05, 0.1) is 22.5 Å². The van der Waals surface area contributed by atoms with E-state index in [-0.39, 0.29) is 0 Å². The van der Waals surface area contributed by atoms with Gasteiger partial charge in [-0.25, -0.2) is 0 Å². The lowest BCUT2D eigenvalue weighted by Gasteiger charge is -2.45. The van der Waals surface area contributed by atoms with Gasteiger partial charge in [-0.1, -0.05) is 200 Å². The Morgan fingerprint density at radius 1 is 0.286 bits per heavy atom. The van der Waals surface area contributed by atoms with Crippen molar-refractivity contribution in [2.45, 2.75) is 5.41 Å². The van der Waals surface area contributed by atoms with Crippen molar-refractivity contribution in [1.29, 1.82) is 0 Å². The molecular weight excluding hydrogens is 761 g/mol. The van der Waals surface area contributed by atoms with E-state index in [0.29, 0.717) is 0 Å². The van der Waals surface area contributed by atoms with Gasteiger partial charge in [-0.3, -0.25) is 0 Å². The monoisotopic (exact) mass is 802 g/mol. The van der Waals surface area contributed by atoms with Crippen LogP contribution >= 0.6 is 0 Å². The summed E-state index contributed by atoms with van der Waals surface area (Å²) < 4.78 is 0. The van der Waals surface area contributed by atoms with Gasteiger partial charge in [0.25, 0.3) is 0 Å². The Morgan fingerprint density at radius 2 is 0.667 bits per heavy atom. The number of hydrogen-bond acceptors (Lipinski definition) is 2. The first kappa shape index (κ1) is 36.6. The third-order valence-electron chi connectivity index (χ3n) is 13.1. The summed E-state index contributed by atoms with van der Waals surface area (Å²) in [4.78, 5) is 4.90. The van der Waals surface area contributed by atoms with Crippen LogP contribution in [0.5, 0.6) is 0 Å². The summed E-state index contributed by atoms with van der Waals surface area (Å²) in [5, 5.41) is 0. The van der Waals surface area contributed by atoms with Crippen LogP contribution in [0.15, 0.2) is 255 Å². The van der Waals surface area contributed by atoms with Gasteiger partial charge in [-0.05, 0) is 116 Å². The molecule has 2 heteroatoms. The van der Waals surface area contributed by atoms with Crippen LogP contribution in [0.1, 0.15) is 22.3 Å². The second kappa shape index (κ2) is 15.1. The van der Waals surface area contributed by atoms with Crippen LogP contribution in [0.2, 0.25) is 0 Å². The normalized spacial score (nSPS) is 12.9. The van der Waals surface area contributed by atoms with Gasteiger partial charge in [-0.2, -0.15) is 0 Å². The predicted molar refractivity (Wildman–Crippen MR) is 263 cm³/mol. The van der Waals surface area contributed by atoms with Crippen molar-refractivity contribution >= 4 is 34.1 Å². The molecule has 0 saturated heterocycles. The van der Waals surface area contributed by atoms with Gasteiger partial charge in [-0.15, -0.1) is 0 Å². The van der Waals surface area contributed by atoms with Gasteiger partial charge in [0.2, 0.25) is 0 Å². The molecular formula is C61H42N2. The Labute approximate surface area is 369 Å². The van der Waals surface area contributed by atoms with Crippen LogP contribution in [-0.4, -0.2) is 0 Å². The number of hydrogen-bond donors (Lipinski definition) is 0. The van der Waals surface area contributed by atoms with Crippen LogP contribution in [0, 0.1) is 0 Å². The summed E-state index contributed by atoms with van der Waals surface area (Å²) in [6.45, 7) is 0. The molecule has 1 aliphatic carbocycles. The molecule has 0 bridgehead atoms. The maximum Gasteiger partial charge on any atom is 0.0755 e. The highest BCUT2D eigenvalue weighted by atomic mass is 15.2. The van der Waals surface area contributed by atoms with Crippen molar-refractivity contribution in [3.63, 3.8) is 0 Å². The average molecular weight is 803 g/mol. The van der Waals surface area contributed by atoms with E-state index in [4.69, 9.17) is 0 Å². The number of para-hydroxylation sites is 3. The molecule has 0 saturated carbocycles. The zero-order valence-corrected chi connectivity index (χ0v) is 34.6. The minimum Gasteiger partial charge on any atom is -0.310 e. The fraction of sp³-hybridized carbons (Fsp3) is 0.0164. The lowest BCUT2D eigenvalue weighted by Crippen LogP contribution is -2.36. The van der Waals surface area contributed by atoms with Crippen LogP contribution in [-0.2, 0) is 5.41 Å². The molecule has 1 heterocycles. The van der Waals surface area contributed by atoms with Crippen molar-refractivity contribution in [2.75, 3.05) is 9.80 Å². The fourth-order valence-corrected chi connectivity index (χ4v) is 10.3. The Bertz CT molecular complexity index is 3200. The average Bonchev–Trinajstić information content (AvgIpc) is 3.67. The molecule has 0 atom stereocenters. The molecule has 296 valence electrons. The summed E-state index contributed by atoms with van der Waals surface area (Å²) in [6.07, 6.45) is 0. The van der Waals surface area contributed by atoms with E-state index in [1.165, 1.54) is 78.1 Å². The number of nitrogens with zero attached hydrogens (tertiary/aromatic N) is 2. The highest BCUT2D eigenvalue weighted by Crippen LogP contribution is 2.65. The summed E-state index contributed by atoms with van der Waals surface area (Å²) in [7, 11) is 0. The van der Waals surface area contributed by atoms with Crippen molar-refractivity contribution in [3.8, 4) is 44.5 Å². The van der Waals surface area contributed by atoms with Gasteiger partial charge in [0.15, 0.2) is 0 Å². The Hall–Kier alpha value is -8.20. The van der Waals surface area contributed by atoms with E-state index in [0.717, 1.165) is 22.7 Å². The van der Waals surface area contributed by atoms with Gasteiger partial charge in [0, 0.05) is 22.6 Å². The van der Waals surface area contributed by atoms with Gasteiger partial charge in [0.1, 0.15) is 0 Å². The van der Waals surface area contributed by atoms with Crippen molar-refractivity contribution in [2.24, 2.45) is 0 Å². The Balaban J connectivity index is 1.05. The maximum absolute atomic E-state index is 2.46. The first-order chi connectivity index (χ1) is 31.3. The molecule has 10 aromatic rings. The summed E-state index contributed by atoms with van der Waals surface area (Å²) in [5.74, 6) is 0. The highest BCUT2D eigenvalue weighted by molar-refractivity contribution is 6.01. The molecule has 0 amide bonds. The fourth-order valence-electron chi connectivity index (χ4n) is 10.3. The molecule has 0 unspecified atom stereocenters. The maximum atomic E-state index is 2.46. The molecule has 0 N–H and O–H groups in total. The lowest BCUT2D eigenvalue weighted by atomic mass is 9.64. The smallest absolute Gasteiger partial charge is 0.0755 e. The zero-order chi connectivity index (χ0) is 41.7. The minimum atomic E-state index is -0.557. The van der Waals surface area contributed by atoms with Crippen molar-refractivity contribution in [3.05, 3.63) is 277 Å². The SMILES string of the molecule is c1ccc(-c2ccc(-c3ccc(N(c4ccc(-c5ccccc5)cc4)c4cccc5c4-c4ccccc4C54c5ccccc5N(c5ccccc5)c5ccccc54)cc3)cc2)cc1. The standard InChI is InChI=1S/C61H42N2/c1-4-17-43(18-5-1)45-31-33-46(34-32-45)48-37-41-51(42-38-48)62(50-39-35-47(36-40-50)44-19-6-2-7-20-44)59-30-16-27-56-60(59)52-23-10-11-24-53(52)61(56)54-25-12-14-28-57(54)63(49-21-8-3-9-22-49)58-29-15-13-26-55(58)61/h1-42H. The lowest BCUT2D eigenvalue weighted by molar-refractivity contribution is 0.752. The number of anilines is 6. The molecule has 63 heavy (non-hydrogen) atoms. The minimum absolute atomic E-state index is 0.557. The van der Waals surface area contributed by atoms with E-state index >= 15 is 0 Å². The molecule has 2 aliphatic rings. The third kappa shape index (κ3) is 5.87. The van der Waals surface area contributed by atoms with E-state index in [2.05, 4.69) is 265 Å². The first-order valence-electron chi connectivity index (χ1n) is 21.8. The van der Waals surface area contributed by atoms with Crippen LogP contribution in [0.4, 0.5) is 34.1 Å². The van der Waals surface area contributed by atoms with E-state index in [9.17, 15) is 0 Å². The van der Waals surface area contributed by atoms with Crippen molar-refractivity contribution in [1.82, 2.24) is 0 Å². The van der Waals surface area contributed by atoms with Gasteiger partial charge < -0.3 is 9.80 Å². The summed E-state index contributed by atoms with van der Waals surface area (Å²) >= 11 is 0. The quantitative estimate of drug-likeness (QED) is 0.158. The van der Waals surface area contributed by atoms with Gasteiger partial charge >= 0.3 is 0 Å². The molecule has 2 nitrogen and oxygen atoms in total. The van der Waals surface area contributed by atoms with Crippen LogP contribution in [0.3, 0.4) is 0 Å². The van der Waals surface area contributed by atoms with Crippen LogP contribution < -0.4 is 9.80 Å². The molecule has 10 aromatic carbocycles.